The van der Waals surface area contributed by atoms with E-state index in [4.69, 9.17) is 0 Å². The number of sulfonamides is 1. The number of hydrogen-bond donors (Lipinski definition) is 1. The van der Waals surface area contributed by atoms with Gasteiger partial charge in [-0.1, -0.05) is 0 Å². The molecule has 1 saturated heterocycles. The Hall–Kier alpha value is -0.270. The third kappa shape index (κ3) is 3.35. The van der Waals surface area contributed by atoms with Crippen molar-refractivity contribution in [2.24, 2.45) is 5.92 Å². The van der Waals surface area contributed by atoms with Crippen molar-refractivity contribution in [2.75, 3.05) is 19.6 Å². The van der Waals surface area contributed by atoms with Crippen LogP contribution in [-0.2, 0) is 10.0 Å². The Morgan fingerprint density at radius 2 is 2.00 bits per heavy atom. The number of nitrogens with zero attached hydrogens (tertiary/aromatic N) is 1. The topological polar surface area (TPSA) is 49.4 Å². The largest absolute Gasteiger partial charge is 0.350 e. The number of rotatable bonds is 5. The first-order chi connectivity index (χ1) is 8.00. The van der Waals surface area contributed by atoms with Crippen LogP contribution in [0, 0.1) is 5.92 Å². The molecule has 0 radical (unpaired) electrons. The maximum absolute atomic E-state index is 12.4. The monoisotopic (exact) mass is 268 g/mol. The van der Waals surface area contributed by atoms with Gasteiger partial charge in [-0.15, -0.1) is 0 Å². The lowest BCUT2D eigenvalue weighted by molar-refractivity contribution is 0.199. The average molecular weight is 268 g/mol. The Morgan fingerprint density at radius 1 is 1.29 bits per heavy atom. The Balaban J connectivity index is 1.87. The average Bonchev–Trinajstić information content (AvgIpc) is 3.10. The molecular weight excluding hydrogens is 250 g/mol. The van der Waals surface area contributed by atoms with Crippen LogP contribution < -0.4 is 5.32 Å². The molecule has 2 rings (SSSR count). The predicted molar refractivity (Wildman–Crippen MR) is 60.2 cm³/mol. The van der Waals surface area contributed by atoms with E-state index in [-0.39, 0.29) is 19.0 Å². The molecule has 4 nitrogen and oxygen atoms in total. The van der Waals surface area contributed by atoms with E-state index in [1.54, 1.807) is 0 Å². The maximum Gasteiger partial charge on any atom is 0.350 e. The van der Waals surface area contributed by atoms with Crippen molar-refractivity contribution in [3.05, 3.63) is 0 Å². The van der Waals surface area contributed by atoms with Gasteiger partial charge in [-0.2, -0.15) is 13.1 Å². The summed E-state index contributed by atoms with van der Waals surface area (Å²) in [5, 5.41) is 3.32. The van der Waals surface area contributed by atoms with E-state index in [2.05, 4.69) is 5.32 Å². The number of nitrogens with one attached hydrogen (secondary N) is 1. The third-order valence-electron chi connectivity index (χ3n) is 3.34. The molecule has 0 aromatic heterocycles. The molecule has 1 saturated carbocycles. The summed E-state index contributed by atoms with van der Waals surface area (Å²) in [5.41, 5.74) is 0. The summed E-state index contributed by atoms with van der Waals surface area (Å²) in [6.45, 7) is 1.19. The number of alkyl halides is 2. The lowest BCUT2D eigenvalue weighted by Gasteiger charge is -2.31. The van der Waals surface area contributed by atoms with Crippen LogP contribution in [-0.4, -0.2) is 44.2 Å². The molecule has 2 fully saturated rings. The minimum Gasteiger partial charge on any atom is -0.314 e. The minimum absolute atomic E-state index is 0.165. The maximum atomic E-state index is 12.4. The van der Waals surface area contributed by atoms with Gasteiger partial charge in [-0.25, -0.2) is 8.42 Å². The zero-order valence-electron chi connectivity index (χ0n) is 9.61. The fourth-order valence-corrected chi connectivity index (χ4v) is 3.19. The molecular formula is C10H18F2N2O2S. The first kappa shape index (κ1) is 13.2. The first-order valence-electron chi connectivity index (χ1n) is 6.00. The SMILES string of the molecule is O=S(=O)(C(F)F)N1CCCC(CNC2CC2)C1. The molecule has 1 unspecified atom stereocenters. The van der Waals surface area contributed by atoms with Crippen LogP contribution in [0.4, 0.5) is 8.78 Å². The molecule has 1 atom stereocenters. The predicted octanol–water partition coefficient (Wildman–Crippen LogP) is 1.00. The van der Waals surface area contributed by atoms with E-state index in [0.29, 0.717) is 12.5 Å². The van der Waals surface area contributed by atoms with Crippen molar-refractivity contribution >= 4 is 10.0 Å². The van der Waals surface area contributed by atoms with Crippen LogP contribution >= 0.6 is 0 Å². The van der Waals surface area contributed by atoms with Crippen LogP contribution in [0.5, 0.6) is 0 Å². The molecule has 100 valence electrons. The van der Waals surface area contributed by atoms with Gasteiger partial charge in [0.25, 0.3) is 10.0 Å². The van der Waals surface area contributed by atoms with Gasteiger partial charge < -0.3 is 5.32 Å². The van der Waals surface area contributed by atoms with E-state index in [0.717, 1.165) is 17.3 Å². The molecule has 1 heterocycles. The molecule has 2 aliphatic rings. The quantitative estimate of drug-likeness (QED) is 0.809. The first-order valence-corrected chi connectivity index (χ1v) is 7.51. The van der Waals surface area contributed by atoms with E-state index in [1.807, 2.05) is 0 Å². The van der Waals surface area contributed by atoms with Gasteiger partial charge >= 0.3 is 5.76 Å². The molecule has 1 N–H and O–H groups in total. The number of hydrogen-bond acceptors (Lipinski definition) is 3. The van der Waals surface area contributed by atoms with Gasteiger partial charge in [0, 0.05) is 19.1 Å². The second kappa shape index (κ2) is 5.16. The highest BCUT2D eigenvalue weighted by atomic mass is 32.2. The highest BCUT2D eigenvalue weighted by molar-refractivity contribution is 7.89. The van der Waals surface area contributed by atoms with E-state index >= 15 is 0 Å². The molecule has 1 aliphatic heterocycles. The Labute approximate surface area is 100 Å². The van der Waals surface area contributed by atoms with Gasteiger partial charge in [-0.3, -0.25) is 0 Å². The third-order valence-corrected chi connectivity index (χ3v) is 4.84. The second-order valence-corrected chi connectivity index (χ2v) is 6.76. The standard InChI is InChI=1S/C10H18F2N2O2S/c11-10(12)17(15,16)14-5-1-2-8(7-14)6-13-9-3-4-9/h8-10,13H,1-7H2. The van der Waals surface area contributed by atoms with E-state index in [9.17, 15) is 17.2 Å². The lowest BCUT2D eigenvalue weighted by Crippen LogP contribution is -2.45. The van der Waals surface area contributed by atoms with Gasteiger partial charge in [0.2, 0.25) is 0 Å². The van der Waals surface area contributed by atoms with Gasteiger partial charge in [0.05, 0.1) is 0 Å². The van der Waals surface area contributed by atoms with Gasteiger partial charge in [0.1, 0.15) is 0 Å². The van der Waals surface area contributed by atoms with Crippen molar-refractivity contribution in [1.82, 2.24) is 9.62 Å². The van der Waals surface area contributed by atoms with Crippen LogP contribution in [0.25, 0.3) is 0 Å². The van der Waals surface area contributed by atoms with E-state index < -0.39 is 15.8 Å². The Morgan fingerprint density at radius 3 is 2.59 bits per heavy atom. The molecule has 17 heavy (non-hydrogen) atoms. The lowest BCUT2D eigenvalue weighted by atomic mass is 10.00. The van der Waals surface area contributed by atoms with Crippen molar-refractivity contribution in [3.63, 3.8) is 0 Å². The van der Waals surface area contributed by atoms with Crippen molar-refractivity contribution in [1.29, 1.82) is 0 Å². The summed E-state index contributed by atoms with van der Waals surface area (Å²) in [4.78, 5) is 0. The Bertz CT molecular complexity index is 357. The van der Waals surface area contributed by atoms with Crippen LogP contribution in [0.15, 0.2) is 0 Å². The molecule has 0 aromatic rings. The summed E-state index contributed by atoms with van der Waals surface area (Å²) in [6.07, 6.45) is 3.93. The summed E-state index contributed by atoms with van der Waals surface area (Å²) >= 11 is 0. The molecule has 0 spiro atoms. The highest BCUT2D eigenvalue weighted by Gasteiger charge is 2.35. The summed E-state index contributed by atoms with van der Waals surface area (Å²) in [6, 6.07) is 0.567. The number of halogens is 2. The van der Waals surface area contributed by atoms with Crippen LogP contribution in [0.3, 0.4) is 0 Å². The van der Waals surface area contributed by atoms with Crippen LogP contribution in [0.1, 0.15) is 25.7 Å². The fourth-order valence-electron chi connectivity index (χ4n) is 2.16. The zero-order valence-corrected chi connectivity index (χ0v) is 10.4. The zero-order chi connectivity index (χ0) is 12.5. The summed E-state index contributed by atoms with van der Waals surface area (Å²) < 4.78 is 48.4. The molecule has 1 aliphatic carbocycles. The second-order valence-electron chi connectivity index (χ2n) is 4.85. The van der Waals surface area contributed by atoms with Gasteiger partial charge in [0.15, 0.2) is 0 Å². The molecule has 0 aromatic carbocycles. The highest BCUT2D eigenvalue weighted by Crippen LogP contribution is 2.24. The minimum atomic E-state index is -4.38. The Kier molecular flexibility index (Phi) is 3.99. The van der Waals surface area contributed by atoms with Crippen molar-refractivity contribution in [2.45, 2.75) is 37.5 Å². The summed E-state index contributed by atoms with van der Waals surface area (Å²) in [5.74, 6) is -3.13. The van der Waals surface area contributed by atoms with Crippen molar-refractivity contribution < 1.29 is 17.2 Å². The smallest absolute Gasteiger partial charge is 0.314 e. The molecule has 0 bridgehead atoms. The molecule has 7 heteroatoms. The van der Waals surface area contributed by atoms with Crippen molar-refractivity contribution in [3.8, 4) is 0 Å². The normalized spacial score (nSPS) is 27.6. The van der Waals surface area contributed by atoms with Crippen LogP contribution in [0.2, 0.25) is 0 Å². The fraction of sp³-hybridized carbons (Fsp3) is 1.00. The van der Waals surface area contributed by atoms with Gasteiger partial charge in [-0.05, 0) is 38.1 Å². The number of piperidine rings is 1. The summed E-state index contributed by atoms with van der Waals surface area (Å²) in [7, 11) is -4.38. The van der Waals surface area contributed by atoms with E-state index in [1.165, 1.54) is 12.8 Å². The molecule has 0 amide bonds.